The first-order chi connectivity index (χ1) is 5.31. The molecule has 1 aliphatic rings. The summed E-state index contributed by atoms with van der Waals surface area (Å²) in [5, 5.41) is 0. The second-order valence-corrected chi connectivity index (χ2v) is 2.64. The largest absolute Gasteiger partial charge is 0.344 e. The number of carbonyl (C=O) groups is 2. The van der Waals surface area contributed by atoms with E-state index in [1.807, 2.05) is 4.57 Å². The second-order valence-electron chi connectivity index (χ2n) is 2.64. The zero-order valence-electron chi connectivity index (χ0n) is 5.91. The number of hydrogen-bond acceptors (Lipinski definition) is 2. The summed E-state index contributed by atoms with van der Waals surface area (Å²) in [6, 6.07) is 1.64. The van der Waals surface area contributed by atoms with Crippen LogP contribution in [-0.2, 0) is 6.54 Å². The van der Waals surface area contributed by atoms with E-state index in [1.165, 1.54) is 0 Å². The van der Waals surface area contributed by atoms with Crippen molar-refractivity contribution < 1.29 is 9.59 Å². The Kier molecular flexibility index (Phi) is 1.18. The number of fused-ring (bicyclic) bond motifs is 1. The van der Waals surface area contributed by atoms with Gasteiger partial charge in [-0.3, -0.25) is 9.59 Å². The summed E-state index contributed by atoms with van der Waals surface area (Å²) in [7, 11) is 0. The standard InChI is InChI=1S/C8H7NO2/c10-5-6-3-7-8(11)1-2-9(7)4-6/h3-5H,1-2H2. The molecular formula is C8H7NO2. The third kappa shape index (κ3) is 0.808. The average Bonchev–Trinajstić information content (AvgIpc) is 2.53. The van der Waals surface area contributed by atoms with Crippen molar-refractivity contribution in [1.82, 2.24) is 4.57 Å². The van der Waals surface area contributed by atoms with Crippen LogP contribution in [0.3, 0.4) is 0 Å². The first kappa shape index (κ1) is 6.34. The highest BCUT2D eigenvalue weighted by Crippen LogP contribution is 2.16. The molecule has 3 nitrogen and oxygen atoms in total. The molecule has 1 aromatic heterocycles. The highest BCUT2D eigenvalue weighted by atomic mass is 16.1. The Morgan fingerprint density at radius 2 is 2.36 bits per heavy atom. The molecule has 2 rings (SSSR count). The van der Waals surface area contributed by atoms with Gasteiger partial charge in [-0.05, 0) is 6.07 Å². The molecule has 0 aromatic carbocycles. The fraction of sp³-hybridized carbons (Fsp3) is 0.250. The summed E-state index contributed by atoms with van der Waals surface area (Å²) in [5.74, 6) is 0.137. The Hall–Kier alpha value is -1.38. The lowest BCUT2D eigenvalue weighted by molar-refractivity contribution is 0.0994. The van der Waals surface area contributed by atoms with Crippen molar-refractivity contribution in [2.75, 3.05) is 0 Å². The van der Waals surface area contributed by atoms with Gasteiger partial charge in [0.05, 0.1) is 5.69 Å². The van der Waals surface area contributed by atoms with E-state index in [9.17, 15) is 9.59 Å². The third-order valence-electron chi connectivity index (χ3n) is 1.92. The molecule has 1 aromatic rings. The van der Waals surface area contributed by atoms with E-state index in [-0.39, 0.29) is 5.78 Å². The Labute approximate surface area is 63.6 Å². The fourth-order valence-corrected chi connectivity index (χ4v) is 1.37. The van der Waals surface area contributed by atoms with Gasteiger partial charge in [0.15, 0.2) is 12.1 Å². The summed E-state index contributed by atoms with van der Waals surface area (Å²) in [5.41, 5.74) is 1.26. The van der Waals surface area contributed by atoms with Crippen molar-refractivity contribution in [3.63, 3.8) is 0 Å². The second kappa shape index (κ2) is 2.05. The molecule has 0 amide bonds. The van der Waals surface area contributed by atoms with Crippen LogP contribution in [0.4, 0.5) is 0 Å². The van der Waals surface area contributed by atoms with Crippen molar-refractivity contribution in [1.29, 1.82) is 0 Å². The monoisotopic (exact) mass is 149 g/mol. The minimum Gasteiger partial charge on any atom is -0.344 e. The Morgan fingerprint density at radius 3 is 3.00 bits per heavy atom. The number of nitrogens with zero attached hydrogens (tertiary/aromatic N) is 1. The average molecular weight is 149 g/mol. The lowest BCUT2D eigenvalue weighted by Gasteiger charge is -1.89. The molecule has 56 valence electrons. The molecule has 0 unspecified atom stereocenters. The maximum Gasteiger partial charge on any atom is 0.181 e. The number of carbonyl (C=O) groups excluding carboxylic acids is 2. The maximum atomic E-state index is 11.1. The van der Waals surface area contributed by atoms with Crippen LogP contribution in [0, 0.1) is 0 Å². The van der Waals surface area contributed by atoms with E-state index in [0.717, 1.165) is 12.8 Å². The zero-order valence-corrected chi connectivity index (χ0v) is 5.91. The van der Waals surface area contributed by atoms with Gasteiger partial charge in [-0.2, -0.15) is 0 Å². The van der Waals surface area contributed by atoms with E-state index in [0.29, 0.717) is 17.7 Å². The Balaban J connectivity index is 2.54. The van der Waals surface area contributed by atoms with Crippen molar-refractivity contribution in [2.45, 2.75) is 13.0 Å². The molecule has 0 saturated heterocycles. The lowest BCUT2D eigenvalue weighted by Crippen LogP contribution is -1.89. The number of hydrogen-bond donors (Lipinski definition) is 0. The van der Waals surface area contributed by atoms with Crippen LogP contribution in [0.1, 0.15) is 27.3 Å². The van der Waals surface area contributed by atoms with Gasteiger partial charge in [-0.15, -0.1) is 0 Å². The molecular weight excluding hydrogens is 142 g/mol. The van der Waals surface area contributed by atoms with E-state index < -0.39 is 0 Å². The van der Waals surface area contributed by atoms with Crippen LogP contribution >= 0.6 is 0 Å². The molecule has 0 aliphatic carbocycles. The van der Waals surface area contributed by atoms with Gasteiger partial charge < -0.3 is 4.57 Å². The summed E-state index contributed by atoms with van der Waals surface area (Å²) >= 11 is 0. The molecule has 0 atom stereocenters. The van der Waals surface area contributed by atoms with Crippen molar-refractivity contribution in [3.8, 4) is 0 Å². The van der Waals surface area contributed by atoms with Gasteiger partial charge in [0.25, 0.3) is 0 Å². The number of Topliss-reactive ketones (excluding diaryl/α,β-unsaturated/α-hetero) is 1. The molecule has 0 fully saturated rings. The predicted octanol–water partition coefficient (Wildman–Crippen LogP) is 0.887. The normalized spacial score (nSPS) is 15.1. The van der Waals surface area contributed by atoms with Gasteiger partial charge in [-0.25, -0.2) is 0 Å². The number of aryl methyl sites for hydroxylation is 1. The summed E-state index contributed by atoms with van der Waals surface area (Å²) < 4.78 is 1.83. The fourth-order valence-electron chi connectivity index (χ4n) is 1.37. The van der Waals surface area contributed by atoms with Gasteiger partial charge in [-0.1, -0.05) is 0 Å². The van der Waals surface area contributed by atoms with Gasteiger partial charge in [0, 0.05) is 24.7 Å². The molecule has 0 spiro atoms. The number of aldehydes is 1. The molecule has 0 radical (unpaired) electrons. The minimum atomic E-state index is 0.137. The molecule has 0 saturated carbocycles. The van der Waals surface area contributed by atoms with Gasteiger partial charge in [0.1, 0.15) is 0 Å². The lowest BCUT2D eigenvalue weighted by atomic mass is 10.2. The van der Waals surface area contributed by atoms with Crippen LogP contribution in [0.2, 0.25) is 0 Å². The van der Waals surface area contributed by atoms with Crippen LogP contribution in [0.15, 0.2) is 12.3 Å². The van der Waals surface area contributed by atoms with E-state index in [4.69, 9.17) is 0 Å². The maximum absolute atomic E-state index is 11.1. The molecule has 0 bridgehead atoms. The smallest absolute Gasteiger partial charge is 0.181 e. The molecule has 0 N–H and O–H groups in total. The van der Waals surface area contributed by atoms with Crippen LogP contribution in [-0.4, -0.2) is 16.6 Å². The van der Waals surface area contributed by atoms with Gasteiger partial charge in [0.2, 0.25) is 0 Å². The highest BCUT2D eigenvalue weighted by Gasteiger charge is 2.19. The van der Waals surface area contributed by atoms with Crippen molar-refractivity contribution >= 4 is 12.1 Å². The SMILES string of the molecule is O=Cc1cc2n(c1)CCC2=O. The predicted molar refractivity (Wildman–Crippen MR) is 38.8 cm³/mol. The Morgan fingerprint density at radius 1 is 1.55 bits per heavy atom. The van der Waals surface area contributed by atoms with Crippen molar-refractivity contribution in [3.05, 3.63) is 23.5 Å². The summed E-state index contributed by atoms with van der Waals surface area (Å²) in [6.45, 7) is 0.724. The van der Waals surface area contributed by atoms with Gasteiger partial charge >= 0.3 is 0 Å². The number of ketones is 1. The topological polar surface area (TPSA) is 39.1 Å². The quantitative estimate of drug-likeness (QED) is 0.556. The summed E-state index contributed by atoms with van der Waals surface area (Å²) in [4.78, 5) is 21.4. The van der Waals surface area contributed by atoms with Crippen LogP contribution in [0.25, 0.3) is 0 Å². The number of rotatable bonds is 1. The highest BCUT2D eigenvalue weighted by molar-refractivity contribution is 5.98. The minimum absolute atomic E-state index is 0.137. The third-order valence-corrected chi connectivity index (χ3v) is 1.92. The molecule has 2 heterocycles. The molecule has 11 heavy (non-hydrogen) atoms. The first-order valence-electron chi connectivity index (χ1n) is 3.50. The van der Waals surface area contributed by atoms with Crippen molar-refractivity contribution in [2.24, 2.45) is 0 Å². The van der Waals surface area contributed by atoms with E-state index in [2.05, 4.69) is 0 Å². The van der Waals surface area contributed by atoms with Crippen LogP contribution < -0.4 is 0 Å². The van der Waals surface area contributed by atoms with E-state index >= 15 is 0 Å². The van der Waals surface area contributed by atoms with Crippen LogP contribution in [0.5, 0.6) is 0 Å². The summed E-state index contributed by atoms with van der Waals surface area (Å²) in [6.07, 6.45) is 3.06. The first-order valence-corrected chi connectivity index (χ1v) is 3.50. The Bertz CT molecular complexity index is 325. The zero-order chi connectivity index (χ0) is 7.84. The number of aromatic nitrogens is 1. The van der Waals surface area contributed by atoms with E-state index in [1.54, 1.807) is 12.3 Å². The molecule has 1 aliphatic heterocycles. The molecule has 3 heteroatoms.